The van der Waals surface area contributed by atoms with Crippen molar-refractivity contribution in [2.45, 2.75) is 27.2 Å². The summed E-state index contributed by atoms with van der Waals surface area (Å²) in [4.78, 5) is 15.0. The lowest BCUT2D eigenvalue weighted by Crippen LogP contribution is -2.24. The highest BCUT2D eigenvalue weighted by molar-refractivity contribution is 7.98. The maximum absolute atomic E-state index is 12.2. The number of hydrogen-bond acceptors (Lipinski definition) is 4. The van der Waals surface area contributed by atoms with Gasteiger partial charge in [0.25, 0.3) is 0 Å². The summed E-state index contributed by atoms with van der Waals surface area (Å²) >= 11 is 1.37. The molecule has 1 amide bonds. The molecule has 33 heavy (non-hydrogen) atoms. The normalized spacial score (nSPS) is 16.2. The number of allylic oxidation sites excluding steroid dienone is 5. The van der Waals surface area contributed by atoms with Gasteiger partial charge in [0.15, 0.2) is 0 Å². The fourth-order valence-corrected chi connectivity index (χ4v) is 4.15. The molecule has 0 aliphatic heterocycles. The first-order valence-corrected chi connectivity index (χ1v) is 11.8. The number of nitrogens with one attached hydrogen (secondary N) is 1. The molecule has 0 spiro atoms. The lowest BCUT2D eigenvalue weighted by molar-refractivity contribution is -0.116. The van der Waals surface area contributed by atoms with Crippen LogP contribution in [0.1, 0.15) is 27.2 Å². The Bertz CT molecular complexity index is 1040. The Morgan fingerprint density at radius 3 is 2.36 bits per heavy atom. The molecule has 0 saturated heterocycles. The van der Waals surface area contributed by atoms with E-state index in [2.05, 4.69) is 61.7 Å². The second kappa shape index (κ2) is 11.7. The van der Waals surface area contributed by atoms with Crippen molar-refractivity contribution >= 4 is 29.3 Å². The van der Waals surface area contributed by atoms with Crippen molar-refractivity contribution in [3.63, 3.8) is 0 Å². The monoisotopic (exact) mass is 460 g/mol. The molecule has 1 unspecified atom stereocenters. The van der Waals surface area contributed by atoms with E-state index in [1.807, 2.05) is 54.7 Å². The van der Waals surface area contributed by atoms with Crippen LogP contribution in [0.2, 0.25) is 0 Å². The summed E-state index contributed by atoms with van der Waals surface area (Å²) in [6.07, 6.45) is 13.4. The molecule has 5 heteroatoms. The van der Waals surface area contributed by atoms with Gasteiger partial charge < -0.3 is 9.50 Å². The van der Waals surface area contributed by atoms with Crippen LogP contribution in [0.15, 0.2) is 108 Å². The van der Waals surface area contributed by atoms with Crippen molar-refractivity contribution in [3.05, 3.63) is 108 Å². The molecule has 1 aliphatic carbocycles. The molecule has 2 aromatic rings. The van der Waals surface area contributed by atoms with Crippen LogP contribution in [0.5, 0.6) is 0 Å². The van der Waals surface area contributed by atoms with Gasteiger partial charge in [0.1, 0.15) is 0 Å². The number of carbonyl (C=O) groups is 1. The van der Waals surface area contributed by atoms with Gasteiger partial charge in [0.05, 0.1) is 7.11 Å². The topological polar surface area (TPSA) is 41.6 Å². The summed E-state index contributed by atoms with van der Waals surface area (Å²) in [5.74, 6) is 0.144. The van der Waals surface area contributed by atoms with Crippen molar-refractivity contribution in [3.8, 4) is 0 Å². The Morgan fingerprint density at radius 2 is 1.73 bits per heavy atom. The van der Waals surface area contributed by atoms with Crippen LogP contribution in [-0.2, 0) is 8.98 Å². The quantitative estimate of drug-likeness (QED) is 0.398. The first kappa shape index (κ1) is 24.6. The van der Waals surface area contributed by atoms with Gasteiger partial charge in [-0.25, -0.2) is 0 Å². The van der Waals surface area contributed by atoms with Crippen molar-refractivity contribution < 1.29 is 8.98 Å². The first-order valence-electron chi connectivity index (χ1n) is 11.0. The first-order chi connectivity index (χ1) is 15.9. The van der Waals surface area contributed by atoms with Crippen molar-refractivity contribution in [1.82, 2.24) is 0 Å². The predicted octanol–water partition coefficient (Wildman–Crippen LogP) is 7.33. The smallest absolute Gasteiger partial charge is 0.227 e. The van der Waals surface area contributed by atoms with Crippen LogP contribution in [0, 0.1) is 11.3 Å². The number of amides is 1. The van der Waals surface area contributed by atoms with E-state index in [0.29, 0.717) is 0 Å². The van der Waals surface area contributed by atoms with E-state index in [4.69, 9.17) is 4.18 Å². The molecule has 1 N–H and O–H groups in total. The van der Waals surface area contributed by atoms with Crippen LogP contribution in [0.25, 0.3) is 0 Å². The SMILES string of the molecule is COSC1=CC(C(C)(C)C/C=C/N(C(C)=O)c2ccccc2)C=C(Nc2ccccc2)C=C1. The highest BCUT2D eigenvalue weighted by Gasteiger charge is 2.27. The van der Waals surface area contributed by atoms with Gasteiger partial charge in [-0.3, -0.25) is 9.69 Å². The standard InChI is InChI=1S/C28H32N2O2S/c1-22(31)30(26-14-9-6-10-15-26)19-11-18-28(2,3)23-20-25(16-17-27(21-23)33-32-4)29-24-12-7-5-8-13-24/h5-17,19-21,23,29H,18H2,1-4H3/b19-11+. The third kappa shape index (κ3) is 7.24. The zero-order chi connectivity index (χ0) is 23.7. The number of rotatable bonds is 9. The fraction of sp³-hybridized carbons (Fsp3) is 0.250. The molecule has 0 saturated carbocycles. The number of hydrogen-bond donors (Lipinski definition) is 1. The number of anilines is 2. The van der Waals surface area contributed by atoms with Gasteiger partial charge in [0.2, 0.25) is 5.91 Å². The average Bonchev–Trinajstić information content (AvgIpc) is 3.01. The molecule has 2 aromatic carbocycles. The average molecular weight is 461 g/mol. The Hall–Kier alpha value is -3.02. The minimum absolute atomic E-state index is 0.0122. The number of para-hydroxylation sites is 2. The molecule has 0 bridgehead atoms. The Balaban J connectivity index is 1.81. The minimum Gasteiger partial charge on any atom is -0.356 e. The summed E-state index contributed by atoms with van der Waals surface area (Å²) < 4.78 is 5.33. The van der Waals surface area contributed by atoms with Crippen LogP contribution < -0.4 is 10.2 Å². The lowest BCUT2D eigenvalue weighted by Gasteiger charge is -2.30. The van der Waals surface area contributed by atoms with Crippen LogP contribution in [0.3, 0.4) is 0 Å². The zero-order valence-electron chi connectivity index (χ0n) is 19.7. The second-order valence-corrected chi connectivity index (χ2v) is 9.56. The van der Waals surface area contributed by atoms with Gasteiger partial charge >= 0.3 is 0 Å². The van der Waals surface area contributed by atoms with Gasteiger partial charge in [-0.05, 0) is 48.3 Å². The summed E-state index contributed by atoms with van der Waals surface area (Å²) in [7, 11) is 1.68. The Morgan fingerprint density at radius 1 is 1.06 bits per heavy atom. The Kier molecular flexibility index (Phi) is 8.75. The molecule has 4 nitrogen and oxygen atoms in total. The lowest BCUT2D eigenvalue weighted by atomic mass is 9.75. The van der Waals surface area contributed by atoms with Gasteiger partial charge in [-0.1, -0.05) is 68.5 Å². The van der Waals surface area contributed by atoms with Crippen molar-refractivity contribution in [2.24, 2.45) is 11.3 Å². The van der Waals surface area contributed by atoms with Gasteiger partial charge in [-0.15, -0.1) is 0 Å². The number of carbonyl (C=O) groups excluding carboxylic acids is 1. The third-order valence-corrected chi connectivity index (χ3v) is 6.18. The van der Waals surface area contributed by atoms with E-state index in [-0.39, 0.29) is 17.2 Å². The van der Waals surface area contributed by atoms with Gasteiger partial charge in [0, 0.05) is 53.1 Å². The van der Waals surface area contributed by atoms with E-state index in [1.165, 1.54) is 12.0 Å². The summed E-state index contributed by atoms with van der Waals surface area (Å²) in [6.45, 7) is 6.08. The molecule has 172 valence electrons. The molecule has 0 aromatic heterocycles. The van der Waals surface area contributed by atoms with Crippen molar-refractivity contribution in [2.75, 3.05) is 17.3 Å². The molecule has 0 fully saturated rings. The van der Waals surface area contributed by atoms with E-state index in [0.717, 1.165) is 28.4 Å². The third-order valence-electron chi connectivity index (χ3n) is 5.55. The number of nitrogens with zero attached hydrogens (tertiary/aromatic N) is 1. The molecule has 1 aliphatic rings. The Labute approximate surface area is 201 Å². The van der Waals surface area contributed by atoms with Crippen LogP contribution >= 0.6 is 12.0 Å². The fourth-order valence-electron chi connectivity index (χ4n) is 3.64. The molecular weight excluding hydrogens is 428 g/mol. The van der Waals surface area contributed by atoms with E-state index in [1.54, 1.807) is 18.9 Å². The summed E-state index contributed by atoms with van der Waals surface area (Å²) in [6, 6.07) is 19.9. The van der Waals surface area contributed by atoms with Crippen LogP contribution in [-0.4, -0.2) is 13.0 Å². The molecular formula is C28H32N2O2S. The van der Waals surface area contributed by atoms with E-state index in [9.17, 15) is 4.79 Å². The van der Waals surface area contributed by atoms with E-state index >= 15 is 0 Å². The van der Waals surface area contributed by atoms with Crippen molar-refractivity contribution in [1.29, 1.82) is 0 Å². The molecule has 0 radical (unpaired) electrons. The second-order valence-electron chi connectivity index (χ2n) is 8.59. The zero-order valence-corrected chi connectivity index (χ0v) is 20.5. The van der Waals surface area contributed by atoms with Crippen LogP contribution in [0.4, 0.5) is 11.4 Å². The summed E-state index contributed by atoms with van der Waals surface area (Å²) in [5.41, 5.74) is 2.87. The molecule has 3 rings (SSSR count). The maximum atomic E-state index is 12.2. The predicted molar refractivity (Wildman–Crippen MR) is 141 cm³/mol. The largest absolute Gasteiger partial charge is 0.356 e. The summed E-state index contributed by atoms with van der Waals surface area (Å²) in [5, 5.41) is 3.52. The minimum atomic E-state index is -0.0924. The van der Waals surface area contributed by atoms with Gasteiger partial charge in [-0.2, -0.15) is 0 Å². The highest BCUT2D eigenvalue weighted by Crippen LogP contribution is 2.38. The highest BCUT2D eigenvalue weighted by atomic mass is 32.2. The maximum Gasteiger partial charge on any atom is 0.227 e. The number of benzene rings is 2. The molecule has 0 heterocycles. The molecule has 1 atom stereocenters. The van der Waals surface area contributed by atoms with E-state index < -0.39 is 0 Å².